The zero-order valence-electron chi connectivity index (χ0n) is 16.6. The first-order valence-corrected chi connectivity index (χ1v) is 11.1. The number of nitrogens with zero attached hydrogens (tertiary/aromatic N) is 4. The molecular weight excluding hydrogens is 462 g/mol. The van der Waals surface area contributed by atoms with Crippen LogP contribution >= 0.6 is 27.7 Å². The lowest BCUT2D eigenvalue weighted by Crippen LogP contribution is -2.20. The number of rotatable bonds is 9. The Balaban J connectivity index is 1.67. The first-order valence-electron chi connectivity index (χ1n) is 9.36. The third-order valence-electron chi connectivity index (χ3n) is 4.12. The van der Waals surface area contributed by atoms with E-state index < -0.39 is 0 Å². The van der Waals surface area contributed by atoms with Crippen molar-refractivity contribution in [2.24, 2.45) is 5.10 Å². The van der Waals surface area contributed by atoms with Crippen LogP contribution in [0.1, 0.15) is 18.9 Å². The van der Waals surface area contributed by atoms with E-state index in [4.69, 9.17) is 0 Å². The minimum Gasteiger partial charge on any atom is -0.302 e. The summed E-state index contributed by atoms with van der Waals surface area (Å²) < 4.78 is 3.03. The average molecular weight is 484 g/mol. The van der Waals surface area contributed by atoms with Crippen molar-refractivity contribution in [1.82, 2.24) is 20.2 Å². The molecule has 1 N–H and O–H groups in total. The van der Waals surface area contributed by atoms with Crippen LogP contribution in [0.3, 0.4) is 0 Å². The lowest BCUT2D eigenvalue weighted by molar-refractivity contribution is -0.118. The molecular formula is C22H22BrN5OS. The van der Waals surface area contributed by atoms with Gasteiger partial charge in [0, 0.05) is 16.6 Å². The number of carbonyl (C=O) groups excluding carboxylic acids is 1. The number of amides is 1. The molecule has 3 rings (SSSR count). The second kappa shape index (κ2) is 10.9. The molecule has 2 aromatic carbocycles. The molecule has 8 heteroatoms. The van der Waals surface area contributed by atoms with E-state index in [1.165, 1.54) is 11.8 Å². The molecule has 0 unspecified atom stereocenters. The van der Waals surface area contributed by atoms with E-state index in [1.807, 2.05) is 66.1 Å². The quantitative estimate of drug-likeness (QED) is 0.203. The van der Waals surface area contributed by atoms with Crippen LogP contribution in [0, 0.1) is 0 Å². The van der Waals surface area contributed by atoms with Gasteiger partial charge in [0.25, 0.3) is 5.91 Å². The smallest absolute Gasteiger partial charge is 0.250 e. The average Bonchev–Trinajstić information content (AvgIpc) is 3.15. The van der Waals surface area contributed by atoms with Crippen molar-refractivity contribution in [2.45, 2.75) is 25.0 Å². The van der Waals surface area contributed by atoms with Crippen molar-refractivity contribution < 1.29 is 4.79 Å². The summed E-state index contributed by atoms with van der Waals surface area (Å²) in [6.07, 6.45) is 2.42. The van der Waals surface area contributed by atoms with Crippen molar-refractivity contribution in [1.29, 1.82) is 0 Å². The van der Waals surface area contributed by atoms with E-state index in [0.29, 0.717) is 11.7 Å². The predicted molar refractivity (Wildman–Crippen MR) is 125 cm³/mol. The van der Waals surface area contributed by atoms with E-state index in [1.54, 1.807) is 6.21 Å². The summed E-state index contributed by atoms with van der Waals surface area (Å²) in [4.78, 5) is 12.2. The zero-order chi connectivity index (χ0) is 21.3. The maximum atomic E-state index is 12.2. The highest BCUT2D eigenvalue weighted by atomic mass is 79.9. The van der Waals surface area contributed by atoms with Crippen LogP contribution in [-0.4, -0.2) is 32.6 Å². The molecule has 154 valence electrons. The summed E-state index contributed by atoms with van der Waals surface area (Å²) in [5, 5.41) is 13.4. The molecule has 30 heavy (non-hydrogen) atoms. The fraction of sp³-hybridized carbons (Fsp3) is 0.182. The lowest BCUT2D eigenvalue weighted by atomic mass is 10.2. The van der Waals surface area contributed by atoms with Gasteiger partial charge in [-0.1, -0.05) is 75.7 Å². The van der Waals surface area contributed by atoms with Gasteiger partial charge in [-0.25, -0.2) is 5.43 Å². The number of nitrogens with one attached hydrogen (secondary N) is 1. The molecule has 0 atom stereocenters. The van der Waals surface area contributed by atoms with E-state index in [-0.39, 0.29) is 11.7 Å². The number of hydrogen-bond acceptors (Lipinski definition) is 5. The molecule has 0 aliphatic heterocycles. The van der Waals surface area contributed by atoms with Crippen molar-refractivity contribution in [3.8, 4) is 11.4 Å². The highest BCUT2D eigenvalue weighted by molar-refractivity contribution is 9.10. The second-order valence-corrected chi connectivity index (χ2v) is 8.52. The first-order chi connectivity index (χ1) is 14.5. The van der Waals surface area contributed by atoms with Crippen LogP contribution in [0.2, 0.25) is 0 Å². The van der Waals surface area contributed by atoms with Gasteiger partial charge < -0.3 is 4.57 Å². The molecule has 0 aliphatic carbocycles. The van der Waals surface area contributed by atoms with Crippen molar-refractivity contribution >= 4 is 39.8 Å². The maximum Gasteiger partial charge on any atom is 0.250 e. The third-order valence-corrected chi connectivity index (χ3v) is 5.61. The summed E-state index contributed by atoms with van der Waals surface area (Å²) in [6.45, 7) is 6.68. The van der Waals surface area contributed by atoms with E-state index in [2.05, 4.69) is 43.2 Å². The molecule has 0 saturated carbocycles. The largest absolute Gasteiger partial charge is 0.302 e. The fourth-order valence-corrected chi connectivity index (χ4v) is 3.61. The molecule has 0 aliphatic rings. The SMILES string of the molecule is C=C(C)CCn1c(SCC(=O)NN=Cc2ccccc2)nnc1-c1ccc(Br)cc1. The molecule has 1 aromatic heterocycles. The Bertz CT molecular complexity index is 1030. The van der Waals surface area contributed by atoms with Crippen molar-refractivity contribution in [2.75, 3.05) is 5.75 Å². The minimum absolute atomic E-state index is 0.192. The monoisotopic (exact) mass is 483 g/mol. The van der Waals surface area contributed by atoms with Crippen LogP contribution in [0.25, 0.3) is 11.4 Å². The molecule has 0 bridgehead atoms. The number of halogens is 1. The van der Waals surface area contributed by atoms with Gasteiger partial charge in [0.15, 0.2) is 11.0 Å². The van der Waals surface area contributed by atoms with Crippen LogP contribution in [-0.2, 0) is 11.3 Å². The van der Waals surface area contributed by atoms with Gasteiger partial charge in [-0.2, -0.15) is 5.10 Å². The lowest BCUT2D eigenvalue weighted by Gasteiger charge is -2.10. The summed E-state index contributed by atoms with van der Waals surface area (Å²) >= 11 is 4.79. The van der Waals surface area contributed by atoms with Gasteiger partial charge >= 0.3 is 0 Å². The zero-order valence-corrected chi connectivity index (χ0v) is 19.0. The molecule has 0 radical (unpaired) electrons. The van der Waals surface area contributed by atoms with Gasteiger partial charge in [0.1, 0.15) is 0 Å². The van der Waals surface area contributed by atoms with Gasteiger partial charge in [-0.15, -0.1) is 16.8 Å². The molecule has 1 amide bonds. The topological polar surface area (TPSA) is 72.2 Å². The standard InChI is InChI=1S/C22H22BrN5OS/c1-16(2)12-13-28-21(18-8-10-19(23)11-9-18)26-27-22(28)30-15-20(29)25-24-14-17-6-4-3-5-7-17/h3-11,14H,1,12-13,15H2,2H3,(H,25,29). The molecule has 0 spiro atoms. The highest BCUT2D eigenvalue weighted by Gasteiger charge is 2.15. The van der Waals surface area contributed by atoms with Crippen LogP contribution in [0.5, 0.6) is 0 Å². The Kier molecular flexibility index (Phi) is 7.98. The normalized spacial score (nSPS) is 11.0. The molecule has 1 heterocycles. The summed E-state index contributed by atoms with van der Waals surface area (Å²) in [5.74, 6) is 0.762. The van der Waals surface area contributed by atoms with Crippen LogP contribution in [0.4, 0.5) is 0 Å². The van der Waals surface area contributed by atoms with Gasteiger partial charge in [0.05, 0.1) is 12.0 Å². The minimum atomic E-state index is -0.202. The number of carbonyl (C=O) groups is 1. The first kappa shape index (κ1) is 22.0. The molecule has 0 saturated heterocycles. The highest BCUT2D eigenvalue weighted by Crippen LogP contribution is 2.26. The summed E-state index contributed by atoms with van der Waals surface area (Å²) in [7, 11) is 0. The number of hydrogen-bond donors (Lipinski definition) is 1. The number of hydrazone groups is 1. The Hall–Kier alpha value is -2.71. The molecule has 0 fully saturated rings. The van der Waals surface area contributed by atoms with Crippen molar-refractivity contribution in [3.05, 3.63) is 76.8 Å². The van der Waals surface area contributed by atoms with E-state index in [9.17, 15) is 4.79 Å². The maximum absolute atomic E-state index is 12.2. The number of benzene rings is 2. The van der Waals surface area contributed by atoms with Crippen LogP contribution < -0.4 is 5.43 Å². The number of thioether (sulfide) groups is 1. The summed E-state index contributed by atoms with van der Waals surface area (Å²) in [5.41, 5.74) is 5.52. The number of aromatic nitrogens is 3. The predicted octanol–water partition coefficient (Wildman–Crippen LogP) is 4.92. The Morgan fingerprint density at radius 3 is 2.63 bits per heavy atom. The summed E-state index contributed by atoms with van der Waals surface area (Å²) in [6, 6.07) is 17.5. The van der Waals surface area contributed by atoms with Gasteiger partial charge in [-0.3, -0.25) is 4.79 Å². The Labute approximate surface area is 188 Å². The molecule has 3 aromatic rings. The Morgan fingerprint density at radius 1 is 1.20 bits per heavy atom. The fourth-order valence-electron chi connectivity index (χ4n) is 2.59. The van der Waals surface area contributed by atoms with Gasteiger partial charge in [0.2, 0.25) is 0 Å². The van der Waals surface area contributed by atoms with Crippen molar-refractivity contribution in [3.63, 3.8) is 0 Å². The Morgan fingerprint density at radius 2 is 1.93 bits per heavy atom. The van der Waals surface area contributed by atoms with E-state index in [0.717, 1.165) is 33.4 Å². The number of allylic oxidation sites excluding steroid dienone is 1. The molecule has 6 nitrogen and oxygen atoms in total. The van der Waals surface area contributed by atoms with Crippen LogP contribution in [0.15, 0.2) is 81.5 Å². The van der Waals surface area contributed by atoms with Gasteiger partial charge in [-0.05, 0) is 31.0 Å². The third kappa shape index (κ3) is 6.40. The van der Waals surface area contributed by atoms with E-state index >= 15 is 0 Å². The second-order valence-electron chi connectivity index (χ2n) is 6.66.